The van der Waals surface area contributed by atoms with Gasteiger partial charge in [0.25, 0.3) is 0 Å². The molecule has 2 aromatic heterocycles. The topological polar surface area (TPSA) is 70.0 Å². The van der Waals surface area contributed by atoms with Crippen LogP contribution in [0.4, 0.5) is 4.39 Å². The molecule has 4 aromatic rings. The zero-order valence-electron chi connectivity index (χ0n) is 16.9. The van der Waals surface area contributed by atoms with Gasteiger partial charge < -0.3 is 20.2 Å². The van der Waals surface area contributed by atoms with Crippen LogP contribution in [0.15, 0.2) is 60.0 Å². The Morgan fingerprint density at radius 1 is 1.17 bits per heavy atom. The van der Waals surface area contributed by atoms with E-state index in [-0.39, 0.29) is 29.8 Å². The number of guanidine groups is 1. The molecule has 8 heteroatoms. The van der Waals surface area contributed by atoms with Crippen LogP contribution in [0.2, 0.25) is 0 Å². The van der Waals surface area contributed by atoms with Crippen molar-refractivity contribution in [2.45, 2.75) is 19.4 Å². The Bertz CT molecular complexity index is 1130. The summed E-state index contributed by atoms with van der Waals surface area (Å²) in [5, 5.41) is 7.75. The van der Waals surface area contributed by atoms with E-state index in [0.717, 1.165) is 65.9 Å². The standard InChI is InChI=1S/C22H25FN6.HI/c1-24-22(25-10-4-12-29-15-28-19-5-2-3-6-21(19)29)26-11-9-16-14-27-20-13-17(23)7-8-18(16)20;/h2-3,5-8,13-15,27H,4,9-12H2,1H3,(H2,24,25,26);1H. The molecule has 30 heavy (non-hydrogen) atoms. The number of benzene rings is 2. The lowest BCUT2D eigenvalue weighted by atomic mass is 10.1. The lowest BCUT2D eigenvalue weighted by Gasteiger charge is -2.12. The number of nitrogens with zero attached hydrogens (tertiary/aromatic N) is 3. The van der Waals surface area contributed by atoms with Crippen molar-refractivity contribution in [3.05, 3.63) is 66.4 Å². The molecule has 0 saturated heterocycles. The van der Waals surface area contributed by atoms with Gasteiger partial charge in [0.1, 0.15) is 5.82 Å². The molecule has 0 saturated carbocycles. The van der Waals surface area contributed by atoms with Crippen molar-refractivity contribution in [1.82, 2.24) is 25.2 Å². The Morgan fingerprint density at radius 2 is 2.00 bits per heavy atom. The number of aromatic nitrogens is 3. The first-order chi connectivity index (χ1) is 14.2. The van der Waals surface area contributed by atoms with E-state index in [9.17, 15) is 4.39 Å². The highest BCUT2D eigenvalue weighted by molar-refractivity contribution is 14.0. The fraction of sp³-hybridized carbons (Fsp3) is 0.273. The zero-order valence-corrected chi connectivity index (χ0v) is 19.2. The molecule has 0 aliphatic heterocycles. The number of hydrogen-bond acceptors (Lipinski definition) is 2. The van der Waals surface area contributed by atoms with Gasteiger partial charge in [0.05, 0.1) is 17.4 Å². The molecule has 4 rings (SSSR count). The summed E-state index contributed by atoms with van der Waals surface area (Å²) in [4.78, 5) is 11.8. The van der Waals surface area contributed by atoms with Gasteiger partial charge in [0, 0.05) is 43.8 Å². The molecule has 0 unspecified atom stereocenters. The highest BCUT2D eigenvalue weighted by Gasteiger charge is 2.05. The van der Waals surface area contributed by atoms with E-state index < -0.39 is 0 Å². The first-order valence-electron chi connectivity index (χ1n) is 9.84. The van der Waals surface area contributed by atoms with E-state index in [4.69, 9.17) is 0 Å². The molecule has 0 atom stereocenters. The second-order valence-electron chi connectivity index (χ2n) is 6.96. The van der Waals surface area contributed by atoms with E-state index in [1.165, 1.54) is 12.1 Å². The number of rotatable bonds is 7. The number of para-hydroxylation sites is 2. The largest absolute Gasteiger partial charge is 0.361 e. The average Bonchev–Trinajstić information content (AvgIpc) is 3.33. The number of aromatic amines is 1. The van der Waals surface area contributed by atoms with Crippen molar-refractivity contribution in [2.75, 3.05) is 20.1 Å². The van der Waals surface area contributed by atoms with Crippen LogP contribution in [0.25, 0.3) is 21.9 Å². The molecule has 0 radical (unpaired) electrons. The van der Waals surface area contributed by atoms with Crippen molar-refractivity contribution in [1.29, 1.82) is 0 Å². The van der Waals surface area contributed by atoms with Gasteiger partial charge in [-0.05, 0) is 48.7 Å². The Balaban J connectivity index is 0.00000256. The summed E-state index contributed by atoms with van der Waals surface area (Å²) in [7, 11) is 1.77. The molecule has 6 nitrogen and oxygen atoms in total. The summed E-state index contributed by atoms with van der Waals surface area (Å²) >= 11 is 0. The van der Waals surface area contributed by atoms with Gasteiger partial charge in [-0.15, -0.1) is 24.0 Å². The number of aryl methyl sites for hydroxylation is 1. The second kappa shape index (κ2) is 10.4. The maximum Gasteiger partial charge on any atom is 0.190 e. The molecule has 2 heterocycles. The second-order valence-corrected chi connectivity index (χ2v) is 6.96. The summed E-state index contributed by atoms with van der Waals surface area (Å²) in [6.45, 7) is 2.46. The lowest BCUT2D eigenvalue weighted by Crippen LogP contribution is -2.38. The van der Waals surface area contributed by atoms with Gasteiger partial charge in [-0.1, -0.05) is 12.1 Å². The van der Waals surface area contributed by atoms with Crippen molar-refractivity contribution >= 4 is 51.9 Å². The van der Waals surface area contributed by atoms with Gasteiger partial charge >= 0.3 is 0 Å². The van der Waals surface area contributed by atoms with Gasteiger partial charge in [-0.2, -0.15) is 0 Å². The average molecular weight is 520 g/mol. The van der Waals surface area contributed by atoms with Crippen LogP contribution < -0.4 is 10.6 Å². The molecule has 0 aliphatic carbocycles. The van der Waals surface area contributed by atoms with Crippen LogP contribution in [0.5, 0.6) is 0 Å². The van der Waals surface area contributed by atoms with Crippen molar-refractivity contribution in [2.24, 2.45) is 4.99 Å². The number of H-pyrrole nitrogens is 1. The van der Waals surface area contributed by atoms with Gasteiger partial charge in [-0.3, -0.25) is 4.99 Å². The van der Waals surface area contributed by atoms with Crippen molar-refractivity contribution in [3.63, 3.8) is 0 Å². The van der Waals surface area contributed by atoms with Crippen LogP contribution in [-0.4, -0.2) is 40.6 Å². The number of imidazole rings is 1. The van der Waals surface area contributed by atoms with E-state index >= 15 is 0 Å². The predicted octanol–water partition coefficient (Wildman–Crippen LogP) is 4.07. The molecule has 0 aliphatic rings. The Morgan fingerprint density at radius 3 is 2.87 bits per heavy atom. The Labute approximate surface area is 192 Å². The van der Waals surface area contributed by atoms with Crippen LogP contribution in [0, 0.1) is 5.82 Å². The predicted molar refractivity (Wildman–Crippen MR) is 131 cm³/mol. The fourth-order valence-corrected chi connectivity index (χ4v) is 3.55. The zero-order chi connectivity index (χ0) is 20.1. The molecule has 0 amide bonds. The van der Waals surface area contributed by atoms with E-state index in [0.29, 0.717) is 0 Å². The smallest absolute Gasteiger partial charge is 0.190 e. The van der Waals surface area contributed by atoms with E-state index in [2.05, 4.69) is 36.2 Å². The summed E-state index contributed by atoms with van der Waals surface area (Å²) in [6, 6.07) is 13.0. The maximum absolute atomic E-state index is 13.3. The SMILES string of the molecule is CN=C(NCCCn1cnc2ccccc21)NCCc1c[nH]c2cc(F)ccc12.I. The first-order valence-corrected chi connectivity index (χ1v) is 9.84. The molecular formula is C22H26FIN6. The number of aliphatic imine (C=N–C) groups is 1. The summed E-state index contributed by atoms with van der Waals surface area (Å²) < 4.78 is 15.5. The molecule has 3 N–H and O–H groups in total. The van der Waals surface area contributed by atoms with E-state index in [1.54, 1.807) is 7.05 Å². The molecule has 2 aromatic carbocycles. The highest BCUT2D eigenvalue weighted by Crippen LogP contribution is 2.19. The Hall–Kier alpha value is -2.62. The van der Waals surface area contributed by atoms with E-state index in [1.807, 2.05) is 36.8 Å². The summed E-state index contributed by atoms with van der Waals surface area (Å²) in [5.74, 6) is 0.559. The lowest BCUT2D eigenvalue weighted by molar-refractivity contribution is 0.629. The fourth-order valence-electron chi connectivity index (χ4n) is 3.55. The van der Waals surface area contributed by atoms with Crippen LogP contribution in [-0.2, 0) is 13.0 Å². The van der Waals surface area contributed by atoms with Crippen LogP contribution in [0.3, 0.4) is 0 Å². The quantitative estimate of drug-likeness (QED) is 0.149. The third-order valence-electron chi connectivity index (χ3n) is 5.04. The molecule has 0 bridgehead atoms. The van der Waals surface area contributed by atoms with Crippen molar-refractivity contribution < 1.29 is 4.39 Å². The van der Waals surface area contributed by atoms with Gasteiger partial charge in [0.15, 0.2) is 5.96 Å². The summed E-state index contributed by atoms with van der Waals surface area (Å²) in [6.07, 6.45) is 5.63. The maximum atomic E-state index is 13.3. The van der Waals surface area contributed by atoms with Crippen molar-refractivity contribution in [3.8, 4) is 0 Å². The first kappa shape index (κ1) is 22.1. The number of fused-ring (bicyclic) bond motifs is 2. The highest BCUT2D eigenvalue weighted by atomic mass is 127. The molecule has 0 spiro atoms. The van der Waals surface area contributed by atoms with Crippen LogP contribution in [0.1, 0.15) is 12.0 Å². The minimum Gasteiger partial charge on any atom is -0.361 e. The monoisotopic (exact) mass is 520 g/mol. The number of hydrogen-bond donors (Lipinski definition) is 3. The molecular weight excluding hydrogens is 494 g/mol. The minimum absolute atomic E-state index is 0. The molecule has 158 valence electrons. The number of halogens is 2. The summed E-state index contributed by atoms with van der Waals surface area (Å²) in [5.41, 5.74) is 4.18. The van der Waals surface area contributed by atoms with Gasteiger partial charge in [0.2, 0.25) is 0 Å². The third kappa shape index (κ3) is 5.10. The third-order valence-corrected chi connectivity index (χ3v) is 5.04. The normalized spacial score (nSPS) is 11.6. The Kier molecular flexibility index (Phi) is 7.67. The minimum atomic E-state index is -0.225. The molecule has 0 fully saturated rings. The van der Waals surface area contributed by atoms with Gasteiger partial charge in [-0.25, -0.2) is 9.37 Å². The van der Waals surface area contributed by atoms with Crippen LogP contribution >= 0.6 is 24.0 Å². The number of nitrogens with one attached hydrogen (secondary N) is 3.